The summed E-state index contributed by atoms with van der Waals surface area (Å²) in [7, 11) is -3.57. The average molecular weight is 399 g/mol. The summed E-state index contributed by atoms with van der Waals surface area (Å²) in [4.78, 5) is 14.6. The van der Waals surface area contributed by atoms with Gasteiger partial charge in [-0.3, -0.25) is 4.79 Å². The van der Waals surface area contributed by atoms with Gasteiger partial charge in [0.25, 0.3) is 16.1 Å². The number of rotatable bonds is 3. The minimum absolute atomic E-state index is 0.139. The van der Waals surface area contributed by atoms with Crippen LogP contribution in [0.1, 0.15) is 29.1 Å². The number of piperazine rings is 1. The first-order valence-corrected chi connectivity index (χ1v) is 10.8. The fraction of sp³-hybridized carbons (Fsp3) is 0.625. The number of ether oxygens (including phenoxy) is 1. The van der Waals surface area contributed by atoms with Crippen molar-refractivity contribution in [2.45, 2.75) is 26.1 Å². The molecule has 1 amide bonds. The van der Waals surface area contributed by atoms with Crippen LogP contribution < -0.4 is 0 Å². The summed E-state index contributed by atoms with van der Waals surface area (Å²) in [6.45, 7) is 5.54. The van der Waals surface area contributed by atoms with Crippen molar-refractivity contribution in [1.82, 2.24) is 13.5 Å². The van der Waals surface area contributed by atoms with E-state index in [1.807, 2.05) is 19.9 Å². The van der Waals surface area contributed by atoms with Gasteiger partial charge in [0.1, 0.15) is 10.9 Å². The van der Waals surface area contributed by atoms with E-state index in [4.69, 9.17) is 10.00 Å². The molecular weight excluding hydrogens is 376 g/mol. The Balaban J connectivity index is 1.64. The number of nitriles is 1. The Morgan fingerprint density at radius 2 is 1.81 bits per heavy atom. The van der Waals surface area contributed by atoms with Crippen LogP contribution in [0, 0.1) is 11.3 Å². The van der Waals surface area contributed by atoms with E-state index in [-0.39, 0.29) is 31.2 Å². The predicted molar refractivity (Wildman–Crippen MR) is 97.0 cm³/mol. The molecule has 2 aliphatic heterocycles. The topological polar surface area (TPSA) is 94.0 Å². The summed E-state index contributed by atoms with van der Waals surface area (Å²) in [6.07, 6.45) is -0.278. The van der Waals surface area contributed by atoms with Gasteiger partial charge in [0, 0.05) is 39.3 Å². The van der Waals surface area contributed by atoms with Crippen molar-refractivity contribution >= 4 is 27.5 Å². The zero-order valence-corrected chi connectivity index (χ0v) is 16.4. The van der Waals surface area contributed by atoms with Gasteiger partial charge in [-0.15, -0.1) is 11.3 Å². The molecule has 2 atom stereocenters. The van der Waals surface area contributed by atoms with Crippen molar-refractivity contribution in [2.24, 2.45) is 0 Å². The quantitative estimate of drug-likeness (QED) is 0.748. The maximum Gasteiger partial charge on any atom is 0.282 e. The molecule has 2 saturated heterocycles. The molecule has 2 fully saturated rings. The van der Waals surface area contributed by atoms with Gasteiger partial charge in [-0.1, -0.05) is 0 Å². The lowest BCUT2D eigenvalue weighted by atomic mass is 10.2. The minimum Gasteiger partial charge on any atom is -0.373 e. The third-order valence-corrected chi connectivity index (χ3v) is 7.42. The highest BCUT2D eigenvalue weighted by Gasteiger charge is 2.37. The monoisotopic (exact) mass is 398 g/mol. The van der Waals surface area contributed by atoms with Crippen LogP contribution >= 0.6 is 11.3 Å². The van der Waals surface area contributed by atoms with E-state index in [0.717, 1.165) is 0 Å². The second kappa shape index (κ2) is 7.62. The van der Waals surface area contributed by atoms with Crippen LogP contribution in [0.4, 0.5) is 0 Å². The number of hydrogen-bond donors (Lipinski definition) is 0. The lowest BCUT2D eigenvalue weighted by Gasteiger charge is -2.40. The highest BCUT2D eigenvalue weighted by Crippen LogP contribution is 2.22. The number of thiophene rings is 1. The van der Waals surface area contributed by atoms with Gasteiger partial charge in [0.05, 0.1) is 17.8 Å². The Hall–Kier alpha value is -1.51. The Labute approximate surface area is 157 Å². The summed E-state index contributed by atoms with van der Waals surface area (Å²) in [5.41, 5.74) is 0.367. The van der Waals surface area contributed by atoms with Gasteiger partial charge in [0.2, 0.25) is 0 Å². The van der Waals surface area contributed by atoms with Crippen molar-refractivity contribution in [3.05, 3.63) is 21.9 Å². The molecule has 0 aromatic carbocycles. The normalized spacial score (nSPS) is 25.8. The standard InChI is InChI=1S/C16H22N4O4S2/c1-12-10-20(11-13(2)24-12)26(22,23)19-6-4-18(5-7-19)16(21)15-14(9-17)3-8-25-15/h3,8,12-13H,4-7,10-11H2,1-2H3. The lowest BCUT2D eigenvalue weighted by Crippen LogP contribution is -2.57. The molecule has 3 rings (SSSR count). The fourth-order valence-electron chi connectivity index (χ4n) is 3.31. The molecule has 0 spiro atoms. The largest absolute Gasteiger partial charge is 0.373 e. The summed E-state index contributed by atoms with van der Waals surface area (Å²) in [5.74, 6) is -0.206. The molecule has 1 aromatic rings. The van der Waals surface area contributed by atoms with Gasteiger partial charge < -0.3 is 9.64 Å². The number of hydrogen-bond acceptors (Lipinski definition) is 6. The second-order valence-electron chi connectivity index (χ2n) is 6.55. The summed E-state index contributed by atoms with van der Waals surface area (Å²) in [5, 5.41) is 10.8. The van der Waals surface area contributed by atoms with Crippen LogP contribution in [0.3, 0.4) is 0 Å². The molecule has 0 aliphatic carbocycles. The van der Waals surface area contributed by atoms with Crippen molar-refractivity contribution in [3.8, 4) is 6.07 Å². The summed E-state index contributed by atoms with van der Waals surface area (Å²) in [6, 6.07) is 3.64. The number of amides is 1. The Morgan fingerprint density at radius 1 is 1.19 bits per heavy atom. The van der Waals surface area contributed by atoms with Gasteiger partial charge in [0.15, 0.2) is 0 Å². The highest BCUT2D eigenvalue weighted by atomic mass is 32.2. The SMILES string of the molecule is CC1CN(S(=O)(=O)N2CCN(C(=O)c3sccc3C#N)CC2)CC(C)O1. The first-order chi connectivity index (χ1) is 12.3. The van der Waals surface area contributed by atoms with E-state index in [1.54, 1.807) is 16.3 Å². The second-order valence-corrected chi connectivity index (χ2v) is 9.39. The van der Waals surface area contributed by atoms with Crippen LogP contribution in [-0.2, 0) is 14.9 Å². The molecule has 142 valence electrons. The number of carbonyl (C=O) groups excluding carboxylic acids is 1. The summed E-state index contributed by atoms with van der Waals surface area (Å²) >= 11 is 1.24. The van der Waals surface area contributed by atoms with Crippen LogP contribution in [0.5, 0.6) is 0 Å². The molecule has 3 heterocycles. The van der Waals surface area contributed by atoms with E-state index in [9.17, 15) is 13.2 Å². The molecule has 2 unspecified atom stereocenters. The molecule has 1 aromatic heterocycles. The Bertz CT molecular complexity index is 798. The molecule has 0 bridgehead atoms. The first-order valence-electron chi connectivity index (χ1n) is 8.50. The first kappa shape index (κ1) is 19.3. The van der Waals surface area contributed by atoms with Crippen LogP contribution in [-0.4, -0.2) is 79.3 Å². The number of nitrogens with zero attached hydrogens (tertiary/aromatic N) is 4. The van der Waals surface area contributed by atoms with E-state index in [2.05, 4.69) is 0 Å². The molecule has 10 heteroatoms. The molecule has 0 radical (unpaired) electrons. The molecule has 2 aliphatic rings. The molecular formula is C16H22N4O4S2. The van der Waals surface area contributed by atoms with Gasteiger partial charge in [-0.05, 0) is 25.3 Å². The van der Waals surface area contributed by atoms with Crippen molar-refractivity contribution in [3.63, 3.8) is 0 Å². The lowest BCUT2D eigenvalue weighted by molar-refractivity contribution is -0.0457. The van der Waals surface area contributed by atoms with E-state index in [0.29, 0.717) is 36.6 Å². The third-order valence-electron chi connectivity index (χ3n) is 4.54. The van der Waals surface area contributed by atoms with Crippen LogP contribution in [0.25, 0.3) is 0 Å². The zero-order valence-electron chi connectivity index (χ0n) is 14.8. The Kier molecular flexibility index (Phi) is 5.64. The van der Waals surface area contributed by atoms with Gasteiger partial charge >= 0.3 is 0 Å². The van der Waals surface area contributed by atoms with Gasteiger partial charge in [-0.25, -0.2) is 0 Å². The number of morpholine rings is 1. The van der Waals surface area contributed by atoms with Crippen molar-refractivity contribution in [2.75, 3.05) is 39.3 Å². The highest BCUT2D eigenvalue weighted by molar-refractivity contribution is 7.86. The fourth-order valence-corrected chi connectivity index (χ4v) is 5.87. The van der Waals surface area contributed by atoms with Gasteiger partial charge in [-0.2, -0.15) is 22.3 Å². The average Bonchev–Trinajstić information content (AvgIpc) is 3.09. The molecule has 0 saturated carbocycles. The van der Waals surface area contributed by atoms with E-state index in [1.165, 1.54) is 19.9 Å². The zero-order chi connectivity index (χ0) is 18.9. The van der Waals surface area contributed by atoms with Crippen molar-refractivity contribution < 1.29 is 17.9 Å². The Morgan fingerprint density at radius 3 is 2.38 bits per heavy atom. The molecule has 26 heavy (non-hydrogen) atoms. The van der Waals surface area contributed by atoms with E-state index < -0.39 is 10.2 Å². The molecule has 0 N–H and O–H groups in total. The minimum atomic E-state index is -3.57. The van der Waals surface area contributed by atoms with Crippen molar-refractivity contribution in [1.29, 1.82) is 5.26 Å². The van der Waals surface area contributed by atoms with E-state index >= 15 is 0 Å². The smallest absolute Gasteiger partial charge is 0.282 e. The molecule has 8 nitrogen and oxygen atoms in total. The predicted octanol–water partition coefficient (Wildman–Crippen LogP) is 0.732. The summed E-state index contributed by atoms with van der Waals surface area (Å²) < 4.78 is 34.3. The number of carbonyl (C=O) groups is 1. The maximum atomic E-state index is 12.9. The van der Waals surface area contributed by atoms with Crippen LogP contribution in [0.15, 0.2) is 11.4 Å². The van der Waals surface area contributed by atoms with Crippen LogP contribution in [0.2, 0.25) is 0 Å². The maximum absolute atomic E-state index is 12.9. The third kappa shape index (κ3) is 3.77.